The Labute approximate surface area is 165 Å². The van der Waals surface area contributed by atoms with Crippen molar-refractivity contribution in [2.45, 2.75) is 19.4 Å². The average molecular weight is 392 g/mol. The van der Waals surface area contributed by atoms with Crippen molar-refractivity contribution in [1.82, 2.24) is 15.1 Å². The molecule has 1 aliphatic heterocycles. The number of benzene rings is 2. The number of imide groups is 1. The molecule has 9 heteroatoms. The number of ether oxygens (including phenoxy) is 1. The van der Waals surface area contributed by atoms with Gasteiger partial charge in [0.15, 0.2) is 0 Å². The number of anilines is 1. The summed E-state index contributed by atoms with van der Waals surface area (Å²) in [6.07, 6.45) is 0.351. The fraction of sp³-hybridized carbons (Fsp3) is 0.150. The molecule has 29 heavy (non-hydrogen) atoms. The summed E-state index contributed by atoms with van der Waals surface area (Å²) in [4.78, 5) is 37.1. The van der Waals surface area contributed by atoms with Gasteiger partial charge in [0.05, 0.1) is 5.56 Å². The lowest BCUT2D eigenvalue weighted by Gasteiger charge is -2.10. The molecule has 1 N–H and O–H groups in total. The maximum absolute atomic E-state index is 12.6. The molecule has 0 spiro atoms. The molecule has 1 fully saturated rings. The minimum atomic E-state index is -0.500. The number of carbonyl (C=O) groups is 3. The first-order chi connectivity index (χ1) is 14.1. The minimum Gasteiger partial charge on any atom is -0.457 e. The van der Waals surface area contributed by atoms with E-state index in [0.717, 1.165) is 4.90 Å². The van der Waals surface area contributed by atoms with Crippen molar-refractivity contribution < 1.29 is 23.5 Å². The third-order valence-corrected chi connectivity index (χ3v) is 4.24. The van der Waals surface area contributed by atoms with Gasteiger partial charge in [-0.3, -0.25) is 24.6 Å². The smallest absolute Gasteiger partial charge is 0.322 e. The van der Waals surface area contributed by atoms with E-state index < -0.39 is 5.91 Å². The van der Waals surface area contributed by atoms with E-state index in [-0.39, 0.29) is 48.7 Å². The third kappa shape index (κ3) is 4.13. The molecule has 0 bridgehead atoms. The molecule has 4 rings (SSSR count). The molecule has 0 aliphatic carbocycles. The van der Waals surface area contributed by atoms with Gasteiger partial charge in [0.2, 0.25) is 17.7 Å². The fourth-order valence-electron chi connectivity index (χ4n) is 2.83. The maximum atomic E-state index is 12.6. The van der Waals surface area contributed by atoms with Gasteiger partial charge in [0, 0.05) is 12.8 Å². The van der Waals surface area contributed by atoms with E-state index >= 15 is 0 Å². The van der Waals surface area contributed by atoms with Crippen molar-refractivity contribution in [2.75, 3.05) is 5.32 Å². The molecular weight excluding hydrogens is 376 g/mol. The first kappa shape index (κ1) is 18.4. The normalized spacial score (nSPS) is 13.6. The highest BCUT2D eigenvalue weighted by molar-refractivity contribution is 6.05. The van der Waals surface area contributed by atoms with Crippen LogP contribution in [0.3, 0.4) is 0 Å². The van der Waals surface area contributed by atoms with E-state index in [1.165, 1.54) is 0 Å². The lowest BCUT2D eigenvalue weighted by molar-refractivity contribution is -0.139. The van der Waals surface area contributed by atoms with E-state index in [4.69, 9.17) is 9.15 Å². The van der Waals surface area contributed by atoms with Crippen molar-refractivity contribution in [3.05, 3.63) is 66.1 Å². The molecule has 2 heterocycles. The Morgan fingerprint density at radius 3 is 2.45 bits per heavy atom. The second-order valence-electron chi connectivity index (χ2n) is 6.24. The van der Waals surface area contributed by atoms with Crippen LogP contribution in [0.4, 0.5) is 6.01 Å². The Morgan fingerprint density at radius 1 is 1.00 bits per heavy atom. The van der Waals surface area contributed by atoms with Crippen LogP contribution in [0.5, 0.6) is 11.5 Å². The Bertz CT molecular complexity index is 1050. The molecule has 2 aromatic carbocycles. The zero-order valence-electron chi connectivity index (χ0n) is 15.2. The van der Waals surface area contributed by atoms with Crippen LogP contribution in [-0.4, -0.2) is 32.8 Å². The number of aromatic nitrogens is 2. The Balaban J connectivity index is 1.46. The second-order valence-corrected chi connectivity index (χ2v) is 6.24. The van der Waals surface area contributed by atoms with E-state index in [1.807, 2.05) is 18.2 Å². The van der Waals surface area contributed by atoms with Gasteiger partial charge in [-0.05, 0) is 24.3 Å². The van der Waals surface area contributed by atoms with Gasteiger partial charge in [0.1, 0.15) is 18.0 Å². The van der Waals surface area contributed by atoms with Crippen molar-refractivity contribution in [1.29, 1.82) is 0 Å². The van der Waals surface area contributed by atoms with E-state index in [9.17, 15) is 14.4 Å². The van der Waals surface area contributed by atoms with Crippen molar-refractivity contribution in [3.8, 4) is 11.5 Å². The number of rotatable bonds is 6. The highest BCUT2D eigenvalue weighted by atomic mass is 16.5. The zero-order valence-corrected chi connectivity index (χ0v) is 15.2. The lowest BCUT2D eigenvalue weighted by Crippen LogP contribution is -2.28. The van der Waals surface area contributed by atoms with Crippen LogP contribution in [0, 0.1) is 0 Å². The monoisotopic (exact) mass is 392 g/mol. The van der Waals surface area contributed by atoms with Crippen LogP contribution in [-0.2, 0) is 16.1 Å². The molecule has 0 unspecified atom stereocenters. The molecule has 1 aliphatic rings. The SMILES string of the molecule is O=C(Nc1nnc(CN2C(=O)CCC2=O)o1)c1ccccc1Oc1ccccc1. The van der Waals surface area contributed by atoms with Crippen molar-refractivity contribution in [2.24, 2.45) is 0 Å². The number of hydrogen-bond acceptors (Lipinski definition) is 7. The molecule has 3 amide bonds. The molecule has 1 aromatic heterocycles. The number of nitrogens with one attached hydrogen (secondary N) is 1. The summed E-state index contributed by atoms with van der Waals surface area (Å²) in [5.41, 5.74) is 0.279. The number of nitrogens with zero attached hydrogens (tertiary/aromatic N) is 3. The summed E-state index contributed by atoms with van der Waals surface area (Å²) < 4.78 is 11.1. The third-order valence-electron chi connectivity index (χ3n) is 4.24. The van der Waals surface area contributed by atoms with Gasteiger partial charge in [-0.15, -0.1) is 5.10 Å². The van der Waals surface area contributed by atoms with Crippen molar-refractivity contribution in [3.63, 3.8) is 0 Å². The quantitative estimate of drug-likeness (QED) is 0.642. The summed E-state index contributed by atoms with van der Waals surface area (Å²) in [5.74, 6) is -0.0636. The summed E-state index contributed by atoms with van der Waals surface area (Å²) in [7, 11) is 0. The lowest BCUT2D eigenvalue weighted by atomic mass is 10.2. The summed E-state index contributed by atoms with van der Waals surface area (Å²) in [6.45, 7) is -0.117. The van der Waals surface area contributed by atoms with Gasteiger partial charge in [-0.1, -0.05) is 35.4 Å². The zero-order chi connectivity index (χ0) is 20.2. The molecule has 0 saturated carbocycles. The van der Waals surface area contributed by atoms with E-state index in [1.54, 1.807) is 36.4 Å². The van der Waals surface area contributed by atoms with Crippen molar-refractivity contribution >= 4 is 23.7 Å². The van der Waals surface area contributed by atoms with Gasteiger partial charge in [-0.2, -0.15) is 0 Å². The summed E-state index contributed by atoms with van der Waals surface area (Å²) in [6, 6.07) is 15.7. The van der Waals surface area contributed by atoms with Gasteiger partial charge < -0.3 is 9.15 Å². The Hall–Kier alpha value is -4.01. The number of hydrogen-bond donors (Lipinski definition) is 1. The number of para-hydroxylation sites is 2. The van der Waals surface area contributed by atoms with Gasteiger partial charge in [-0.25, -0.2) is 0 Å². The summed E-state index contributed by atoms with van der Waals surface area (Å²) in [5, 5.41) is 10.0. The molecular formula is C20H16N4O5. The van der Waals surface area contributed by atoms with E-state index in [0.29, 0.717) is 11.5 Å². The Morgan fingerprint density at radius 2 is 1.69 bits per heavy atom. The van der Waals surface area contributed by atoms with E-state index in [2.05, 4.69) is 15.5 Å². The van der Waals surface area contributed by atoms with Crippen LogP contribution in [0.1, 0.15) is 29.1 Å². The first-order valence-corrected chi connectivity index (χ1v) is 8.89. The van der Waals surface area contributed by atoms with Crippen LogP contribution in [0.15, 0.2) is 59.0 Å². The van der Waals surface area contributed by atoms with Crippen LogP contribution in [0.25, 0.3) is 0 Å². The fourth-order valence-corrected chi connectivity index (χ4v) is 2.83. The topological polar surface area (TPSA) is 115 Å². The predicted molar refractivity (Wildman–Crippen MR) is 100 cm³/mol. The van der Waals surface area contributed by atoms with Gasteiger partial charge >= 0.3 is 6.01 Å². The standard InChI is InChI=1S/C20H16N4O5/c25-17-10-11-18(26)24(17)12-16-22-23-20(29-16)21-19(27)14-8-4-5-9-15(14)28-13-6-2-1-3-7-13/h1-9H,10-12H2,(H,21,23,27). The second kappa shape index (κ2) is 7.93. The largest absolute Gasteiger partial charge is 0.457 e. The molecule has 1 saturated heterocycles. The predicted octanol–water partition coefficient (Wildman–Crippen LogP) is 2.76. The number of likely N-dealkylation sites (tertiary alicyclic amines) is 1. The van der Waals surface area contributed by atoms with Crippen LogP contribution >= 0.6 is 0 Å². The highest BCUT2D eigenvalue weighted by Crippen LogP contribution is 2.26. The maximum Gasteiger partial charge on any atom is 0.322 e. The van der Waals surface area contributed by atoms with Crippen LogP contribution < -0.4 is 10.1 Å². The number of amides is 3. The highest BCUT2D eigenvalue weighted by Gasteiger charge is 2.30. The molecule has 9 nitrogen and oxygen atoms in total. The average Bonchev–Trinajstić information content (AvgIpc) is 3.30. The summed E-state index contributed by atoms with van der Waals surface area (Å²) >= 11 is 0. The minimum absolute atomic E-state index is 0.0534. The molecule has 0 radical (unpaired) electrons. The molecule has 0 atom stereocenters. The first-order valence-electron chi connectivity index (χ1n) is 8.89. The van der Waals surface area contributed by atoms with Gasteiger partial charge in [0.25, 0.3) is 5.91 Å². The number of carbonyl (C=O) groups excluding carboxylic acids is 3. The Kier molecular flexibility index (Phi) is 5.02. The molecule has 3 aromatic rings. The van der Waals surface area contributed by atoms with Crippen LogP contribution in [0.2, 0.25) is 0 Å². The molecule has 146 valence electrons.